The second-order valence-electron chi connectivity index (χ2n) is 7.53. The zero-order valence-corrected chi connectivity index (χ0v) is 18.3. The first-order valence-corrected chi connectivity index (χ1v) is 10.5. The summed E-state index contributed by atoms with van der Waals surface area (Å²) in [5, 5.41) is 50.8. The lowest BCUT2D eigenvalue weighted by atomic mass is 9.96. The number of nitrogens with zero attached hydrogens (tertiary/aromatic N) is 2. The van der Waals surface area contributed by atoms with Crippen molar-refractivity contribution in [1.82, 2.24) is 4.57 Å². The minimum absolute atomic E-state index is 0.0292. The molecule has 0 aliphatic carbocycles. The molecule has 1 aromatic carbocycles. The van der Waals surface area contributed by atoms with Crippen LogP contribution in [0, 0.1) is 16.0 Å². The maximum atomic E-state index is 10.8. The number of rotatable bonds is 5. The number of pyridine rings is 1. The molecule has 10 heteroatoms. The predicted octanol–water partition coefficient (Wildman–Crippen LogP) is 2.00. The van der Waals surface area contributed by atoms with Crippen LogP contribution in [0.5, 0.6) is 5.75 Å². The van der Waals surface area contributed by atoms with Crippen molar-refractivity contribution in [2.75, 3.05) is 13.7 Å². The van der Waals surface area contributed by atoms with Crippen molar-refractivity contribution >= 4 is 12.2 Å². The van der Waals surface area contributed by atoms with Crippen LogP contribution in [0.15, 0.2) is 53.1 Å². The van der Waals surface area contributed by atoms with E-state index < -0.39 is 37.3 Å². The third-order valence-corrected chi connectivity index (χ3v) is 6.05. The Morgan fingerprint density at radius 3 is 2.42 bits per heavy atom. The Kier molecular flexibility index (Phi) is 6.62. The Balaban J connectivity index is 1.99. The van der Waals surface area contributed by atoms with Crippen molar-refractivity contribution in [2.24, 2.45) is 0 Å². The van der Waals surface area contributed by atoms with Crippen LogP contribution in [0.25, 0.3) is 22.6 Å². The number of benzene rings is 1. The van der Waals surface area contributed by atoms with Gasteiger partial charge in [-0.1, -0.05) is 12.2 Å². The summed E-state index contributed by atoms with van der Waals surface area (Å²) in [6, 6.07) is 14.1. The Hall–Kier alpha value is -3.04. The van der Waals surface area contributed by atoms with Gasteiger partial charge < -0.3 is 38.9 Å². The van der Waals surface area contributed by atoms with Crippen LogP contribution in [0.4, 0.5) is 0 Å². The van der Waals surface area contributed by atoms with Gasteiger partial charge in [0.15, 0.2) is 6.23 Å². The molecule has 9 nitrogen and oxygen atoms in total. The van der Waals surface area contributed by atoms with E-state index in [1.807, 2.05) is 0 Å². The van der Waals surface area contributed by atoms with Gasteiger partial charge in [-0.15, -0.1) is 0 Å². The summed E-state index contributed by atoms with van der Waals surface area (Å²) in [6.45, 7) is -0.595. The average Bonchev–Trinajstić information content (AvgIpc) is 3.37. The van der Waals surface area contributed by atoms with Crippen molar-refractivity contribution in [2.45, 2.75) is 30.6 Å². The van der Waals surface area contributed by atoms with E-state index in [-0.39, 0.29) is 10.2 Å². The molecule has 2 aromatic heterocycles. The molecule has 1 aliphatic heterocycles. The molecule has 172 valence electrons. The lowest BCUT2D eigenvalue weighted by molar-refractivity contribution is -0.251. The van der Waals surface area contributed by atoms with Crippen LogP contribution in [-0.4, -0.2) is 63.1 Å². The van der Waals surface area contributed by atoms with Gasteiger partial charge in [0, 0.05) is 5.56 Å². The molecule has 1 aliphatic rings. The lowest BCUT2D eigenvalue weighted by Gasteiger charge is -2.41. The van der Waals surface area contributed by atoms with Gasteiger partial charge in [-0.25, -0.2) is 0 Å². The largest absolute Gasteiger partial charge is 0.497 e. The molecule has 1 fully saturated rings. The molecule has 5 atom stereocenters. The molecule has 1 saturated heterocycles. The highest BCUT2D eigenvalue weighted by molar-refractivity contribution is 7.71. The fraction of sp³-hybridized carbons (Fsp3) is 0.304. The Labute approximate surface area is 194 Å². The number of methoxy groups -OCH3 is 1. The second kappa shape index (κ2) is 9.44. The molecule has 5 unspecified atom stereocenters. The van der Waals surface area contributed by atoms with E-state index in [0.29, 0.717) is 28.3 Å². The molecule has 0 bridgehead atoms. The Morgan fingerprint density at radius 2 is 1.85 bits per heavy atom. The predicted molar refractivity (Wildman–Crippen MR) is 119 cm³/mol. The third-order valence-electron chi connectivity index (χ3n) is 5.65. The number of aromatic nitrogens is 1. The average molecular weight is 471 g/mol. The highest BCUT2D eigenvalue weighted by Crippen LogP contribution is 2.37. The number of ether oxygens (including phenoxy) is 2. The van der Waals surface area contributed by atoms with Gasteiger partial charge in [0.2, 0.25) is 0 Å². The fourth-order valence-electron chi connectivity index (χ4n) is 3.89. The minimum atomic E-state index is -1.61. The van der Waals surface area contributed by atoms with Crippen LogP contribution >= 0.6 is 12.2 Å². The molecule has 33 heavy (non-hydrogen) atoms. The van der Waals surface area contributed by atoms with Crippen LogP contribution in [0.3, 0.4) is 0 Å². The molecule has 0 saturated carbocycles. The number of hydrogen-bond acceptors (Lipinski definition) is 9. The maximum Gasteiger partial charge on any atom is 0.164 e. The summed E-state index contributed by atoms with van der Waals surface area (Å²) in [5.41, 5.74) is 1.65. The Bertz CT molecular complexity index is 1220. The van der Waals surface area contributed by atoms with Gasteiger partial charge in [0.1, 0.15) is 46.6 Å². The highest BCUT2D eigenvalue weighted by atomic mass is 32.1. The molecule has 0 spiro atoms. The van der Waals surface area contributed by atoms with E-state index in [9.17, 15) is 25.7 Å². The summed E-state index contributed by atoms with van der Waals surface area (Å²) in [6.07, 6.45) is -5.69. The standard InChI is InChI=1S/C23H22N2O7S/c1-30-13-6-4-12(5-7-13)16-9-14(17-3-2-8-31-17)15(10-24)23(33)25(16)22-21(29)20(28)19(27)18(11-26)32-22/h2-9,18-22,26-29H,11H2,1H3. The van der Waals surface area contributed by atoms with Gasteiger partial charge >= 0.3 is 0 Å². The number of furan rings is 1. The van der Waals surface area contributed by atoms with Gasteiger partial charge in [-0.2, -0.15) is 5.26 Å². The number of aliphatic hydroxyl groups is 4. The SMILES string of the molecule is COc1ccc(-c2cc(-c3ccco3)c(C#N)c(=S)n2C2OC(CO)C(O)C(O)C2O)cc1. The van der Waals surface area contributed by atoms with E-state index in [0.717, 1.165) is 0 Å². The normalized spacial score (nSPS) is 24.9. The van der Waals surface area contributed by atoms with E-state index in [1.54, 1.807) is 49.6 Å². The zero-order chi connectivity index (χ0) is 23.7. The molecule has 3 aromatic rings. The van der Waals surface area contributed by atoms with Crippen molar-refractivity contribution < 1.29 is 34.3 Å². The van der Waals surface area contributed by atoms with Crippen molar-refractivity contribution in [1.29, 1.82) is 5.26 Å². The molecular formula is C23H22N2O7S. The van der Waals surface area contributed by atoms with Crippen LogP contribution < -0.4 is 4.74 Å². The number of aliphatic hydroxyl groups excluding tert-OH is 4. The van der Waals surface area contributed by atoms with E-state index in [2.05, 4.69) is 6.07 Å². The van der Waals surface area contributed by atoms with Gasteiger partial charge in [0.05, 0.1) is 31.2 Å². The topological polar surface area (TPSA) is 141 Å². The van der Waals surface area contributed by atoms with Gasteiger partial charge in [-0.3, -0.25) is 0 Å². The number of nitriles is 1. The molecule has 4 N–H and O–H groups in total. The highest BCUT2D eigenvalue weighted by Gasteiger charge is 2.45. The summed E-state index contributed by atoms with van der Waals surface area (Å²) in [7, 11) is 1.54. The summed E-state index contributed by atoms with van der Waals surface area (Å²) >= 11 is 5.64. The molecule has 3 heterocycles. The van der Waals surface area contributed by atoms with Gasteiger partial charge in [-0.05, 0) is 48.0 Å². The summed E-state index contributed by atoms with van der Waals surface area (Å²) in [5.74, 6) is 1.05. The van der Waals surface area contributed by atoms with E-state index in [4.69, 9.17) is 26.1 Å². The first-order chi connectivity index (χ1) is 15.9. The van der Waals surface area contributed by atoms with Crippen molar-refractivity contribution in [3.05, 3.63) is 58.9 Å². The number of hydrogen-bond donors (Lipinski definition) is 4. The fourth-order valence-corrected chi connectivity index (χ4v) is 4.25. The second-order valence-corrected chi connectivity index (χ2v) is 7.92. The van der Waals surface area contributed by atoms with E-state index >= 15 is 0 Å². The quantitative estimate of drug-likeness (QED) is 0.412. The summed E-state index contributed by atoms with van der Waals surface area (Å²) in [4.78, 5) is 0. The van der Waals surface area contributed by atoms with Crippen molar-refractivity contribution in [3.8, 4) is 34.4 Å². The monoisotopic (exact) mass is 470 g/mol. The Morgan fingerprint density at radius 1 is 1.12 bits per heavy atom. The van der Waals surface area contributed by atoms with E-state index in [1.165, 1.54) is 10.8 Å². The zero-order valence-electron chi connectivity index (χ0n) is 17.5. The lowest BCUT2D eigenvalue weighted by Crippen LogP contribution is -2.56. The molecule has 4 rings (SSSR count). The molecular weight excluding hydrogens is 448 g/mol. The third kappa shape index (κ3) is 4.06. The van der Waals surface area contributed by atoms with Crippen LogP contribution in [-0.2, 0) is 4.74 Å². The first-order valence-electron chi connectivity index (χ1n) is 10.1. The molecule has 0 radical (unpaired) electrons. The van der Waals surface area contributed by atoms with Crippen molar-refractivity contribution in [3.63, 3.8) is 0 Å². The minimum Gasteiger partial charge on any atom is -0.497 e. The maximum absolute atomic E-state index is 10.8. The van der Waals surface area contributed by atoms with Crippen LogP contribution in [0.1, 0.15) is 11.8 Å². The molecule has 0 amide bonds. The smallest absolute Gasteiger partial charge is 0.164 e. The summed E-state index contributed by atoms with van der Waals surface area (Å²) < 4.78 is 17.9. The van der Waals surface area contributed by atoms with Gasteiger partial charge in [0.25, 0.3) is 0 Å². The van der Waals surface area contributed by atoms with Crippen LogP contribution in [0.2, 0.25) is 0 Å². The first kappa shape index (κ1) is 23.1.